The molecule has 1 rings (SSSR count). The van der Waals surface area contributed by atoms with Crippen LogP contribution in [0.4, 0.5) is 0 Å². The molecule has 0 bridgehead atoms. The van der Waals surface area contributed by atoms with Gasteiger partial charge < -0.3 is 21.0 Å². The second kappa shape index (κ2) is 5.83. The number of carbonyl (C=O) groups excluding carboxylic acids is 2. The number of oxime groups is 1. The lowest BCUT2D eigenvalue weighted by Gasteiger charge is -2.08. The van der Waals surface area contributed by atoms with E-state index in [0.29, 0.717) is 6.42 Å². The van der Waals surface area contributed by atoms with Crippen LogP contribution in [0.2, 0.25) is 0 Å². The van der Waals surface area contributed by atoms with Gasteiger partial charge in [0.25, 0.3) is 5.91 Å². The number of nitrogens with zero attached hydrogens (tertiary/aromatic N) is 1. The van der Waals surface area contributed by atoms with Crippen molar-refractivity contribution in [3.63, 3.8) is 0 Å². The molecule has 0 radical (unpaired) electrons. The molecule has 0 aliphatic carbocycles. The highest BCUT2D eigenvalue weighted by atomic mass is 16.6. The van der Waals surface area contributed by atoms with Gasteiger partial charge in [0.2, 0.25) is 12.0 Å². The molecule has 0 aromatic rings. The lowest BCUT2D eigenvalue weighted by atomic mass is 10.1. The minimum absolute atomic E-state index is 0.0585. The van der Waals surface area contributed by atoms with Crippen LogP contribution in [-0.4, -0.2) is 41.3 Å². The highest BCUT2D eigenvalue weighted by Crippen LogP contribution is 2.10. The van der Waals surface area contributed by atoms with Gasteiger partial charge in [-0.2, -0.15) is 0 Å². The first-order valence-electron chi connectivity index (χ1n) is 5.02. The first-order chi connectivity index (χ1) is 8.00. The van der Waals surface area contributed by atoms with Gasteiger partial charge in [0.1, 0.15) is 0 Å². The van der Waals surface area contributed by atoms with Crippen LogP contribution in [0.25, 0.3) is 0 Å². The average Bonchev–Trinajstić information content (AvgIpc) is 2.73. The summed E-state index contributed by atoms with van der Waals surface area (Å²) in [5, 5.41) is 14.4. The number of carbonyl (C=O) groups is 3. The monoisotopic (exact) mass is 243 g/mol. The second-order valence-electron chi connectivity index (χ2n) is 3.50. The number of amides is 2. The fourth-order valence-electron chi connectivity index (χ4n) is 1.23. The molecule has 0 saturated carbocycles. The number of nitrogens with one attached hydrogen (secondary N) is 1. The van der Waals surface area contributed by atoms with Gasteiger partial charge in [-0.25, -0.2) is 4.79 Å². The zero-order valence-corrected chi connectivity index (χ0v) is 9.01. The summed E-state index contributed by atoms with van der Waals surface area (Å²) in [5.74, 6) is -2.09. The van der Waals surface area contributed by atoms with Crippen molar-refractivity contribution in [3.8, 4) is 0 Å². The van der Waals surface area contributed by atoms with Crippen molar-refractivity contribution in [2.75, 3.05) is 6.54 Å². The Morgan fingerprint density at radius 3 is 2.76 bits per heavy atom. The molecule has 8 heteroatoms. The van der Waals surface area contributed by atoms with E-state index in [1.54, 1.807) is 0 Å². The highest BCUT2D eigenvalue weighted by Gasteiger charge is 2.31. The molecular formula is C9H13N3O5. The fourth-order valence-corrected chi connectivity index (χ4v) is 1.23. The number of primary amides is 1. The molecule has 1 atom stereocenters. The first-order valence-corrected chi connectivity index (χ1v) is 5.02. The minimum atomic E-state index is -1.20. The van der Waals surface area contributed by atoms with Crippen LogP contribution in [-0.2, 0) is 19.2 Å². The summed E-state index contributed by atoms with van der Waals surface area (Å²) in [5.41, 5.74) is 4.74. The van der Waals surface area contributed by atoms with Crippen LogP contribution in [0.1, 0.15) is 19.3 Å². The van der Waals surface area contributed by atoms with E-state index in [9.17, 15) is 14.4 Å². The summed E-state index contributed by atoms with van der Waals surface area (Å²) in [7, 11) is 0. The number of aliphatic carboxylic acids is 1. The van der Waals surface area contributed by atoms with E-state index in [4.69, 9.17) is 10.8 Å². The molecule has 8 nitrogen and oxygen atoms in total. The zero-order valence-electron chi connectivity index (χ0n) is 9.01. The number of carboxylic acids is 1. The molecule has 1 aliphatic rings. The predicted molar refractivity (Wildman–Crippen MR) is 56.0 cm³/mol. The Balaban J connectivity index is 2.22. The molecule has 1 aliphatic heterocycles. The van der Waals surface area contributed by atoms with Gasteiger partial charge in [0, 0.05) is 19.4 Å². The van der Waals surface area contributed by atoms with Gasteiger partial charge in [0.15, 0.2) is 5.71 Å². The van der Waals surface area contributed by atoms with Crippen LogP contribution in [0, 0.1) is 0 Å². The summed E-state index contributed by atoms with van der Waals surface area (Å²) < 4.78 is 0. The van der Waals surface area contributed by atoms with Crippen LogP contribution in [0.5, 0.6) is 0 Å². The molecule has 0 saturated heterocycles. The maximum absolute atomic E-state index is 11.4. The molecular weight excluding hydrogens is 230 g/mol. The summed E-state index contributed by atoms with van der Waals surface area (Å²) in [4.78, 5) is 37.0. The molecule has 0 aromatic heterocycles. The quantitative estimate of drug-likeness (QED) is 0.493. The van der Waals surface area contributed by atoms with Crippen molar-refractivity contribution >= 4 is 23.5 Å². The number of carboxylic acid groups (broad SMARTS) is 1. The molecule has 0 fully saturated rings. The summed E-state index contributed by atoms with van der Waals surface area (Å²) in [6.07, 6.45) is -0.352. The van der Waals surface area contributed by atoms with E-state index in [2.05, 4.69) is 15.3 Å². The van der Waals surface area contributed by atoms with Crippen molar-refractivity contribution in [2.24, 2.45) is 10.9 Å². The number of nitrogens with two attached hydrogens (primary N) is 1. The van der Waals surface area contributed by atoms with Crippen molar-refractivity contribution in [2.45, 2.75) is 25.4 Å². The van der Waals surface area contributed by atoms with Crippen LogP contribution >= 0.6 is 0 Å². The molecule has 94 valence electrons. The van der Waals surface area contributed by atoms with Gasteiger partial charge >= 0.3 is 5.97 Å². The van der Waals surface area contributed by atoms with Crippen LogP contribution in [0.3, 0.4) is 0 Å². The maximum atomic E-state index is 11.4. The molecule has 17 heavy (non-hydrogen) atoms. The van der Waals surface area contributed by atoms with Gasteiger partial charge in [-0.3, -0.25) is 9.59 Å². The van der Waals surface area contributed by atoms with E-state index in [0.717, 1.165) is 0 Å². The SMILES string of the molecule is NC(=O)CCCNC(=O)C1CC(C(=O)O)=NO1. The fraction of sp³-hybridized carbons (Fsp3) is 0.556. The van der Waals surface area contributed by atoms with Gasteiger partial charge in [0.05, 0.1) is 0 Å². The van der Waals surface area contributed by atoms with E-state index in [1.165, 1.54) is 0 Å². The van der Waals surface area contributed by atoms with Crippen molar-refractivity contribution in [3.05, 3.63) is 0 Å². The van der Waals surface area contributed by atoms with Gasteiger partial charge in [-0.15, -0.1) is 0 Å². The number of hydrogen-bond donors (Lipinski definition) is 3. The molecule has 1 unspecified atom stereocenters. The highest BCUT2D eigenvalue weighted by molar-refractivity contribution is 6.36. The summed E-state index contributed by atoms with van der Waals surface area (Å²) in [6.45, 7) is 0.282. The Labute approximate surface area is 96.8 Å². The third kappa shape index (κ3) is 4.09. The van der Waals surface area contributed by atoms with Crippen molar-refractivity contribution < 1.29 is 24.3 Å². The number of hydrogen-bond acceptors (Lipinski definition) is 5. The third-order valence-electron chi connectivity index (χ3n) is 2.11. The topological polar surface area (TPSA) is 131 Å². The van der Waals surface area contributed by atoms with Crippen LogP contribution < -0.4 is 11.1 Å². The minimum Gasteiger partial charge on any atom is -0.477 e. The third-order valence-corrected chi connectivity index (χ3v) is 2.11. The largest absolute Gasteiger partial charge is 0.477 e. The Kier molecular flexibility index (Phi) is 4.44. The standard InChI is InChI=1S/C9H13N3O5/c10-7(13)2-1-3-11-8(14)6-4-5(9(15)16)12-17-6/h6H,1-4H2,(H2,10,13)(H,11,14)(H,15,16). The van der Waals surface area contributed by atoms with E-state index >= 15 is 0 Å². The van der Waals surface area contributed by atoms with Crippen LogP contribution in [0.15, 0.2) is 5.16 Å². The first kappa shape index (κ1) is 12.9. The molecule has 4 N–H and O–H groups in total. The lowest BCUT2D eigenvalue weighted by Crippen LogP contribution is -2.36. The molecule has 0 spiro atoms. The Morgan fingerprint density at radius 2 is 2.24 bits per heavy atom. The Morgan fingerprint density at radius 1 is 1.53 bits per heavy atom. The summed E-state index contributed by atoms with van der Waals surface area (Å²) in [6, 6.07) is 0. The predicted octanol–water partition coefficient (Wildman–Crippen LogP) is -1.40. The van der Waals surface area contributed by atoms with E-state index in [-0.39, 0.29) is 25.1 Å². The number of rotatable bonds is 6. The maximum Gasteiger partial charge on any atom is 0.353 e. The second-order valence-corrected chi connectivity index (χ2v) is 3.50. The normalized spacial score (nSPS) is 18.1. The average molecular weight is 243 g/mol. The smallest absolute Gasteiger partial charge is 0.353 e. The van der Waals surface area contributed by atoms with Crippen molar-refractivity contribution in [1.82, 2.24) is 5.32 Å². The van der Waals surface area contributed by atoms with Gasteiger partial charge in [-0.1, -0.05) is 5.16 Å². The van der Waals surface area contributed by atoms with Crippen molar-refractivity contribution in [1.29, 1.82) is 0 Å². The van der Waals surface area contributed by atoms with E-state index < -0.39 is 23.9 Å². The summed E-state index contributed by atoms with van der Waals surface area (Å²) >= 11 is 0. The van der Waals surface area contributed by atoms with Gasteiger partial charge in [-0.05, 0) is 6.42 Å². The Bertz CT molecular complexity index is 366. The lowest BCUT2D eigenvalue weighted by molar-refractivity contribution is -0.131. The molecule has 0 aromatic carbocycles. The molecule has 2 amide bonds. The molecule has 1 heterocycles. The van der Waals surface area contributed by atoms with E-state index in [1.807, 2.05) is 0 Å². The zero-order chi connectivity index (χ0) is 12.8. The Hall–Kier alpha value is -2.12.